The first-order valence-electron chi connectivity index (χ1n) is 9.88. The minimum Gasteiger partial charge on any atom is -0.259 e. The minimum absolute atomic E-state index is 0.300. The van der Waals surface area contributed by atoms with Gasteiger partial charge in [-0.15, -0.1) is 0 Å². The normalized spacial score (nSPS) is 20.0. The fourth-order valence-electron chi connectivity index (χ4n) is 5.85. The molecule has 0 bridgehead atoms. The van der Waals surface area contributed by atoms with Crippen molar-refractivity contribution in [3.63, 3.8) is 0 Å². The molecule has 1 spiro atoms. The van der Waals surface area contributed by atoms with Crippen molar-refractivity contribution < 1.29 is 0 Å². The van der Waals surface area contributed by atoms with Crippen LogP contribution >= 0.6 is 0 Å². The molecule has 0 radical (unpaired) electrons. The lowest BCUT2D eigenvalue weighted by Gasteiger charge is -2.31. The van der Waals surface area contributed by atoms with Crippen molar-refractivity contribution in [3.05, 3.63) is 125 Å². The molecule has 130 valence electrons. The van der Waals surface area contributed by atoms with Gasteiger partial charge in [0.05, 0.1) is 11.1 Å². The van der Waals surface area contributed by atoms with Gasteiger partial charge >= 0.3 is 0 Å². The summed E-state index contributed by atoms with van der Waals surface area (Å²) in [5, 5.41) is 0. The Morgan fingerprint density at radius 3 is 2.11 bits per heavy atom. The van der Waals surface area contributed by atoms with Gasteiger partial charge in [-0.05, 0) is 57.0 Å². The van der Waals surface area contributed by atoms with E-state index in [0.29, 0.717) is 0 Å². The lowest BCUT2D eigenvalue weighted by atomic mass is 9.70. The predicted octanol–water partition coefficient (Wildman–Crippen LogP) is 5.88. The first kappa shape index (κ1) is 14.6. The molecular formula is C27H17N. The van der Waals surface area contributed by atoms with Gasteiger partial charge in [-0.2, -0.15) is 0 Å². The fourth-order valence-corrected chi connectivity index (χ4v) is 5.85. The number of benzene rings is 3. The maximum atomic E-state index is 5.01. The van der Waals surface area contributed by atoms with Crippen molar-refractivity contribution in [1.29, 1.82) is 0 Å². The zero-order valence-corrected chi connectivity index (χ0v) is 15.3. The maximum absolute atomic E-state index is 5.01. The summed E-state index contributed by atoms with van der Waals surface area (Å²) in [5.41, 5.74) is 13.4. The van der Waals surface area contributed by atoms with E-state index >= 15 is 0 Å². The third-order valence-electron chi connectivity index (χ3n) is 6.77. The Morgan fingerprint density at radius 2 is 1.25 bits per heavy atom. The van der Waals surface area contributed by atoms with Gasteiger partial charge in [0.25, 0.3) is 0 Å². The number of rotatable bonds is 0. The van der Waals surface area contributed by atoms with Crippen molar-refractivity contribution in [2.75, 3.05) is 0 Å². The Labute approximate surface area is 164 Å². The Hall–Kier alpha value is -3.45. The van der Waals surface area contributed by atoms with E-state index in [-0.39, 0.29) is 5.41 Å². The molecule has 0 fully saturated rings. The molecule has 1 nitrogen and oxygen atoms in total. The number of hydrogen-bond donors (Lipinski definition) is 0. The van der Waals surface area contributed by atoms with Gasteiger partial charge in [-0.3, -0.25) is 4.98 Å². The zero-order chi connectivity index (χ0) is 18.3. The molecular weight excluding hydrogens is 338 g/mol. The Kier molecular flexibility index (Phi) is 2.54. The third-order valence-corrected chi connectivity index (χ3v) is 6.77. The second kappa shape index (κ2) is 4.88. The molecule has 0 saturated carbocycles. The molecule has 28 heavy (non-hydrogen) atoms. The number of allylic oxidation sites excluding steroid dienone is 2. The minimum atomic E-state index is -0.300. The fraction of sp³-hybridized carbons (Fsp3) is 0.0741. The molecule has 3 aliphatic rings. The summed E-state index contributed by atoms with van der Waals surface area (Å²) in [4.78, 5) is 5.01. The van der Waals surface area contributed by atoms with Crippen LogP contribution in [0.4, 0.5) is 0 Å². The molecule has 3 aliphatic carbocycles. The van der Waals surface area contributed by atoms with Crippen molar-refractivity contribution in [3.8, 4) is 11.1 Å². The molecule has 1 atom stereocenters. The Balaban J connectivity index is 1.71. The van der Waals surface area contributed by atoms with E-state index in [0.717, 1.165) is 6.42 Å². The van der Waals surface area contributed by atoms with Crippen LogP contribution in [0.25, 0.3) is 22.3 Å². The average molecular weight is 355 g/mol. The van der Waals surface area contributed by atoms with E-state index in [9.17, 15) is 0 Å². The highest BCUT2D eigenvalue weighted by Crippen LogP contribution is 2.66. The molecule has 7 rings (SSSR count). The van der Waals surface area contributed by atoms with Crippen LogP contribution in [-0.2, 0) is 11.8 Å². The first-order valence-corrected chi connectivity index (χ1v) is 9.88. The second-order valence-electron chi connectivity index (χ2n) is 7.93. The summed E-state index contributed by atoms with van der Waals surface area (Å²) >= 11 is 0. The summed E-state index contributed by atoms with van der Waals surface area (Å²) in [5.74, 6) is 0. The SMILES string of the molecule is c1ccc2c(c1)CC1=C2C2(c3ccccc31)c1ccccc1-c1cccnc12. The average Bonchev–Trinajstić information content (AvgIpc) is 3.37. The lowest BCUT2D eigenvalue weighted by molar-refractivity contribution is 0.804. The quantitative estimate of drug-likeness (QED) is 0.384. The summed E-state index contributed by atoms with van der Waals surface area (Å²) in [6.45, 7) is 0. The van der Waals surface area contributed by atoms with E-state index in [1.807, 2.05) is 6.20 Å². The molecule has 1 unspecified atom stereocenters. The van der Waals surface area contributed by atoms with E-state index in [1.54, 1.807) is 0 Å². The van der Waals surface area contributed by atoms with Gasteiger partial charge in [0.1, 0.15) is 0 Å². The summed E-state index contributed by atoms with van der Waals surface area (Å²) in [6, 6.07) is 31.1. The Morgan fingerprint density at radius 1 is 0.607 bits per heavy atom. The van der Waals surface area contributed by atoms with Crippen LogP contribution in [-0.4, -0.2) is 4.98 Å². The summed E-state index contributed by atoms with van der Waals surface area (Å²) in [6.07, 6.45) is 2.96. The van der Waals surface area contributed by atoms with Gasteiger partial charge in [0.2, 0.25) is 0 Å². The summed E-state index contributed by atoms with van der Waals surface area (Å²) in [7, 11) is 0. The highest BCUT2D eigenvalue weighted by molar-refractivity contribution is 6.12. The van der Waals surface area contributed by atoms with E-state index in [4.69, 9.17) is 4.98 Å². The summed E-state index contributed by atoms with van der Waals surface area (Å²) < 4.78 is 0. The standard InChI is InChI=1S/C27H17N/c1-2-9-18-17(8-1)16-22-20-11-4-6-14-24(20)27(25(18)22)23-13-5-3-10-19(23)21-12-7-15-28-26(21)27/h1-15H,16H2. The molecule has 1 heteroatoms. The monoisotopic (exact) mass is 355 g/mol. The van der Waals surface area contributed by atoms with Gasteiger partial charge in [0.15, 0.2) is 0 Å². The molecule has 1 aromatic heterocycles. The van der Waals surface area contributed by atoms with Crippen molar-refractivity contribution in [2.45, 2.75) is 11.8 Å². The number of nitrogens with zero attached hydrogens (tertiary/aromatic N) is 1. The van der Waals surface area contributed by atoms with Gasteiger partial charge < -0.3 is 0 Å². The van der Waals surface area contributed by atoms with Gasteiger partial charge in [-0.1, -0.05) is 78.9 Å². The van der Waals surface area contributed by atoms with Crippen LogP contribution < -0.4 is 0 Å². The largest absolute Gasteiger partial charge is 0.259 e. The maximum Gasteiger partial charge on any atom is 0.0900 e. The second-order valence-corrected chi connectivity index (χ2v) is 7.93. The Bertz CT molecular complexity index is 1300. The van der Waals surface area contributed by atoms with Crippen molar-refractivity contribution in [2.24, 2.45) is 0 Å². The lowest BCUT2D eigenvalue weighted by Crippen LogP contribution is -2.27. The highest BCUT2D eigenvalue weighted by Gasteiger charge is 2.55. The van der Waals surface area contributed by atoms with E-state index in [2.05, 4.69) is 84.9 Å². The highest BCUT2D eigenvalue weighted by atomic mass is 14.8. The zero-order valence-electron chi connectivity index (χ0n) is 15.3. The van der Waals surface area contributed by atoms with Crippen molar-refractivity contribution >= 4 is 11.1 Å². The van der Waals surface area contributed by atoms with Crippen molar-refractivity contribution in [1.82, 2.24) is 4.98 Å². The molecule has 4 aromatic rings. The van der Waals surface area contributed by atoms with Crippen LogP contribution in [0.15, 0.2) is 91.1 Å². The van der Waals surface area contributed by atoms with Gasteiger partial charge in [-0.25, -0.2) is 0 Å². The number of aromatic nitrogens is 1. The number of pyridine rings is 1. The molecule has 3 aromatic carbocycles. The van der Waals surface area contributed by atoms with Crippen LogP contribution in [0.2, 0.25) is 0 Å². The first-order chi connectivity index (χ1) is 13.9. The number of hydrogen-bond acceptors (Lipinski definition) is 1. The van der Waals surface area contributed by atoms with Gasteiger partial charge in [0, 0.05) is 11.8 Å². The van der Waals surface area contributed by atoms with Crippen LogP contribution in [0.1, 0.15) is 33.5 Å². The smallest absolute Gasteiger partial charge is 0.0900 e. The van der Waals surface area contributed by atoms with Crippen LogP contribution in [0.3, 0.4) is 0 Å². The molecule has 0 aliphatic heterocycles. The molecule has 0 saturated heterocycles. The topological polar surface area (TPSA) is 12.9 Å². The van der Waals surface area contributed by atoms with E-state index in [1.165, 1.54) is 55.8 Å². The molecule has 0 N–H and O–H groups in total. The number of fused-ring (bicyclic) bond motifs is 11. The predicted molar refractivity (Wildman–Crippen MR) is 113 cm³/mol. The molecule has 0 amide bonds. The molecule has 1 heterocycles. The van der Waals surface area contributed by atoms with Crippen LogP contribution in [0.5, 0.6) is 0 Å². The third kappa shape index (κ3) is 1.46. The van der Waals surface area contributed by atoms with E-state index < -0.39 is 0 Å². The van der Waals surface area contributed by atoms with Crippen LogP contribution in [0, 0.1) is 0 Å².